The maximum atomic E-state index is 5.84. The summed E-state index contributed by atoms with van der Waals surface area (Å²) in [4.78, 5) is 7.46. The van der Waals surface area contributed by atoms with Crippen molar-refractivity contribution >= 4 is 5.96 Å². The van der Waals surface area contributed by atoms with Crippen molar-refractivity contribution in [3.63, 3.8) is 0 Å². The molecular weight excluding hydrogens is 376 g/mol. The van der Waals surface area contributed by atoms with E-state index in [-0.39, 0.29) is 6.10 Å². The largest absolute Gasteiger partial charge is 0.379 e. The number of piperidine rings is 1. The first-order chi connectivity index (χ1) is 14.8. The van der Waals surface area contributed by atoms with E-state index in [1.54, 1.807) is 0 Å². The Hall–Kier alpha value is -1.63. The molecule has 0 amide bonds. The molecule has 0 bridgehead atoms. The van der Waals surface area contributed by atoms with E-state index < -0.39 is 0 Å². The molecule has 0 saturated carbocycles. The van der Waals surface area contributed by atoms with Crippen molar-refractivity contribution in [2.45, 2.75) is 71.2 Å². The minimum atomic E-state index is 0.283. The monoisotopic (exact) mass is 416 g/mol. The number of nitrogens with one attached hydrogen (secondary N) is 2. The molecule has 30 heavy (non-hydrogen) atoms. The number of guanidine groups is 1. The Balaban J connectivity index is 1.48. The van der Waals surface area contributed by atoms with Gasteiger partial charge in [0.1, 0.15) is 0 Å². The predicted octanol–water partition coefficient (Wildman–Crippen LogP) is 3.31. The summed E-state index contributed by atoms with van der Waals surface area (Å²) < 4.78 is 11.2. The van der Waals surface area contributed by atoms with Crippen LogP contribution in [0.3, 0.4) is 0 Å². The molecule has 0 aliphatic carbocycles. The lowest BCUT2D eigenvalue weighted by Crippen LogP contribution is -2.38. The van der Waals surface area contributed by atoms with Gasteiger partial charge in [0.2, 0.25) is 0 Å². The van der Waals surface area contributed by atoms with Gasteiger partial charge in [0.05, 0.1) is 19.3 Å². The molecule has 2 heterocycles. The highest BCUT2D eigenvalue weighted by Crippen LogP contribution is 2.21. The lowest BCUT2D eigenvalue weighted by atomic mass is 10.0. The van der Waals surface area contributed by atoms with Crippen molar-refractivity contribution in [2.24, 2.45) is 4.99 Å². The number of hydrogen-bond acceptors (Lipinski definition) is 4. The number of likely N-dealkylation sites (tertiary alicyclic amines) is 1. The molecule has 2 atom stereocenters. The van der Waals surface area contributed by atoms with Crippen LogP contribution >= 0.6 is 0 Å². The summed E-state index contributed by atoms with van der Waals surface area (Å²) in [5.41, 5.74) is 2.72. The first kappa shape index (κ1) is 23.0. The Morgan fingerprint density at radius 1 is 1.20 bits per heavy atom. The van der Waals surface area contributed by atoms with Gasteiger partial charge in [-0.15, -0.1) is 0 Å². The van der Waals surface area contributed by atoms with Gasteiger partial charge in [-0.25, -0.2) is 4.99 Å². The van der Waals surface area contributed by atoms with Gasteiger partial charge in [0, 0.05) is 38.9 Å². The smallest absolute Gasteiger partial charge is 0.191 e. The molecule has 2 saturated heterocycles. The normalized spacial score (nSPS) is 22.9. The first-order valence-electron chi connectivity index (χ1n) is 11.8. The average molecular weight is 417 g/mol. The molecule has 3 rings (SSSR count). The van der Waals surface area contributed by atoms with Gasteiger partial charge < -0.3 is 20.1 Å². The van der Waals surface area contributed by atoms with Crippen molar-refractivity contribution in [2.75, 3.05) is 39.5 Å². The van der Waals surface area contributed by atoms with E-state index in [0.717, 1.165) is 58.3 Å². The molecule has 0 aromatic heterocycles. The summed E-state index contributed by atoms with van der Waals surface area (Å²) in [6.45, 7) is 11.4. The van der Waals surface area contributed by atoms with E-state index in [0.29, 0.717) is 12.6 Å². The molecule has 0 radical (unpaired) electrons. The fourth-order valence-electron chi connectivity index (χ4n) is 4.16. The van der Waals surface area contributed by atoms with Crippen molar-refractivity contribution in [3.8, 4) is 0 Å². The minimum absolute atomic E-state index is 0.283. The van der Waals surface area contributed by atoms with Crippen LogP contribution in [0.25, 0.3) is 0 Å². The van der Waals surface area contributed by atoms with Crippen LogP contribution in [0.5, 0.6) is 0 Å². The van der Waals surface area contributed by atoms with Crippen LogP contribution in [0, 0.1) is 0 Å². The molecule has 2 aliphatic heterocycles. The highest BCUT2D eigenvalue weighted by molar-refractivity contribution is 5.79. The summed E-state index contributed by atoms with van der Waals surface area (Å²) >= 11 is 0. The van der Waals surface area contributed by atoms with Gasteiger partial charge in [0.15, 0.2) is 5.96 Å². The number of nitrogens with zero attached hydrogens (tertiary/aromatic N) is 2. The van der Waals surface area contributed by atoms with Crippen molar-refractivity contribution in [3.05, 3.63) is 35.4 Å². The van der Waals surface area contributed by atoms with Gasteiger partial charge in [0.25, 0.3) is 0 Å². The number of rotatable bonds is 10. The zero-order valence-corrected chi connectivity index (χ0v) is 18.9. The summed E-state index contributed by atoms with van der Waals surface area (Å²) in [5, 5.41) is 6.80. The Morgan fingerprint density at radius 3 is 2.83 bits per heavy atom. The Morgan fingerprint density at radius 2 is 2.07 bits per heavy atom. The second-order valence-electron chi connectivity index (χ2n) is 8.42. The molecule has 2 fully saturated rings. The van der Waals surface area contributed by atoms with Crippen LogP contribution < -0.4 is 10.6 Å². The lowest BCUT2D eigenvalue weighted by molar-refractivity contribution is 0.0420. The zero-order chi connectivity index (χ0) is 21.0. The van der Waals surface area contributed by atoms with E-state index in [2.05, 4.69) is 53.6 Å². The third-order valence-corrected chi connectivity index (χ3v) is 6.04. The van der Waals surface area contributed by atoms with E-state index in [1.807, 2.05) is 0 Å². The summed E-state index contributed by atoms with van der Waals surface area (Å²) in [5.74, 6) is 0.878. The Kier molecular flexibility index (Phi) is 9.93. The lowest BCUT2D eigenvalue weighted by Gasteiger charge is -2.33. The van der Waals surface area contributed by atoms with Crippen molar-refractivity contribution in [1.29, 1.82) is 0 Å². The van der Waals surface area contributed by atoms with E-state index in [1.165, 1.54) is 36.9 Å². The molecule has 1 aromatic rings. The van der Waals surface area contributed by atoms with Crippen LogP contribution in [0.15, 0.2) is 29.3 Å². The third-order valence-electron chi connectivity index (χ3n) is 6.04. The van der Waals surface area contributed by atoms with E-state index in [9.17, 15) is 0 Å². The summed E-state index contributed by atoms with van der Waals surface area (Å²) in [6, 6.07) is 9.42. The highest BCUT2D eigenvalue weighted by atomic mass is 16.5. The molecule has 6 nitrogen and oxygen atoms in total. The molecule has 2 unspecified atom stereocenters. The first-order valence-corrected chi connectivity index (χ1v) is 11.8. The Labute approximate surface area is 182 Å². The molecule has 0 spiro atoms. The second-order valence-corrected chi connectivity index (χ2v) is 8.42. The quantitative estimate of drug-likeness (QED) is 0.348. The van der Waals surface area contributed by atoms with Crippen LogP contribution in [-0.4, -0.2) is 62.5 Å². The van der Waals surface area contributed by atoms with E-state index in [4.69, 9.17) is 14.5 Å². The van der Waals surface area contributed by atoms with Crippen LogP contribution in [0.1, 0.15) is 57.1 Å². The standard InChI is InChI=1S/C24H40N4O2/c1-3-25-24(26-13-8-15-30-23-12-16-29-19-23)27-17-21-10-4-5-11-22(21)18-28-14-7-6-9-20(28)2/h4-5,10-11,20,23H,3,6-9,12-19H2,1-2H3,(H2,25,26,27). The number of ether oxygens (including phenoxy) is 2. The number of hydrogen-bond donors (Lipinski definition) is 2. The Bertz CT molecular complexity index is 646. The molecule has 168 valence electrons. The fourth-order valence-corrected chi connectivity index (χ4v) is 4.16. The second kappa shape index (κ2) is 12.9. The molecular formula is C24H40N4O2. The minimum Gasteiger partial charge on any atom is -0.379 e. The van der Waals surface area contributed by atoms with Crippen molar-refractivity contribution < 1.29 is 9.47 Å². The van der Waals surface area contributed by atoms with Crippen LogP contribution in [-0.2, 0) is 22.6 Å². The summed E-state index contributed by atoms with van der Waals surface area (Å²) in [7, 11) is 0. The fraction of sp³-hybridized carbons (Fsp3) is 0.708. The van der Waals surface area contributed by atoms with Crippen LogP contribution in [0.2, 0.25) is 0 Å². The topological polar surface area (TPSA) is 58.1 Å². The molecule has 2 aliphatic rings. The molecule has 2 N–H and O–H groups in total. The highest BCUT2D eigenvalue weighted by Gasteiger charge is 2.19. The number of aliphatic imine (C=N–C) groups is 1. The molecule has 1 aromatic carbocycles. The number of benzene rings is 1. The van der Waals surface area contributed by atoms with Gasteiger partial charge in [-0.1, -0.05) is 30.7 Å². The predicted molar refractivity (Wildman–Crippen MR) is 123 cm³/mol. The maximum Gasteiger partial charge on any atom is 0.191 e. The zero-order valence-electron chi connectivity index (χ0n) is 18.9. The maximum absolute atomic E-state index is 5.84. The average Bonchev–Trinajstić information content (AvgIpc) is 3.28. The van der Waals surface area contributed by atoms with Crippen LogP contribution in [0.4, 0.5) is 0 Å². The van der Waals surface area contributed by atoms with Gasteiger partial charge >= 0.3 is 0 Å². The van der Waals surface area contributed by atoms with Gasteiger partial charge in [-0.2, -0.15) is 0 Å². The van der Waals surface area contributed by atoms with Crippen molar-refractivity contribution in [1.82, 2.24) is 15.5 Å². The SMILES string of the molecule is CCNC(=NCc1ccccc1CN1CCCCC1C)NCCCOC1CCOC1. The molecule has 6 heteroatoms. The summed E-state index contributed by atoms with van der Waals surface area (Å²) in [6.07, 6.45) is 6.26. The van der Waals surface area contributed by atoms with Gasteiger partial charge in [-0.3, -0.25) is 4.90 Å². The van der Waals surface area contributed by atoms with Gasteiger partial charge in [-0.05, 0) is 57.2 Å². The third kappa shape index (κ3) is 7.56. The van der Waals surface area contributed by atoms with E-state index >= 15 is 0 Å².